The van der Waals surface area contributed by atoms with Gasteiger partial charge in [-0.05, 0) is 44.4 Å². The molecule has 0 aliphatic carbocycles. The molecule has 1 fully saturated rings. The molecule has 1 aliphatic rings. The van der Waals surface area contributed by atoms with E-state index >= 15 is 0 Å². The third-order valence-corrected chi connectivity index (χ3v) is 4.80. The first-order chi connectivity index (χ1) is 13.0. The van der Waals surface area contributed by atoms with Crippen LogP contribution >= 0.6 is 11.6 Å². The molecule has 0 saturated carbocycles. The molecular formula is C19H25ClN6O. The number of hydrogen-bond donors (Lipinski definition) is 3. The summed E-state index contributed by atoms with van der Waals surface area (Å²) in [6, 6.07) is 7.15. The van der Waals surface area contributed by atoms with Gasteiger partial charge in [-0.3, -0.25) is 0 Å². The molecule has 0 atom stereocenters. The molecule has 27 heavy (non-hydrogen) atoms. The highest BCUT2D eigenvalue weighted by Crippen LogP contribution is 2.20. The Morgan fingerprint density at radius 2 is 1.93 bits per heavy atom. The maximum atomic E-state index is 12.0. The number of anilines is 3. The minimum Gasteiger partial charge on any atom is -0.356 e. The summed E-state index contributed by atoms with van der Waals surface area (Å²) in [4.78, 5) is 23.2. The van der Waals surface area contributed by atoms with E-state index in [2.05, 4.69) is 30.8 Å². The number of aromatic nitrogens is 2. The second-order valence-electron chi connectivity index (χ2n) is 6.66. The monoisotopic (exact) mass is 388 g/mol. The van der Waals surface area contributed by atoms with Gasteiger partial charge in [-0.2, -0.15) is 4.98 Å². The van der Waals surface area contributed by atoms with Crippen molar-refractivity contribution in [2.24, 2.45) is 0 Å². The highest BCUT2D eigenvalue weighted by atomic mass is 35.5. The number of carbonyl (C=O) groups is 1. The summed E-state index contributed by atoms with van der Waals surface area (Å²) < 4.78 is 0. The van der Waals surface area contributed by atoms with Crippen LogP contribution in [0.15, 0.2) is 24.3 Å². The summed E-state index contributed by atoms with van der Waals surface area (Å²) in [5.41, 5.74) is 2.56. The van der Waals surface area contributed by atoms with Gasteiger partial charge in [0.05, 0.1) is 0 Å². The first kappa shape index (κ1) is 19.2. The van der Waals surface area contributed by atoms with E-state index in [-0.39, 0.29) is 6.03 Å². The smallest absolute Gasteiger partial charge is 0.319 e. The SMILES string of the molecule is Cc1cc(N2CCCC2)nc(NCCNC(=O)Nc2ccc(C)c(Cl)c2)n1. The summed E-state index contributed by atoms with van der Waals surface area (Å²) in [5.74, 6) is 1.55. The summed E-state index contributed by atoms with van der Waals surface area (Å²) in [5, 5.41) is 9.36. The first-order valence-electron chi connectivity index (χ1n) is 9.17. The Balaban J connectivity index is 1.45. The standard InChI is InChI=1S/C19H25ClN6O/c1-13-5-6-15(12-16(13)20)24-19(27)22-8-7-21-18-23-14(2)11-17(25-18)26-9-3-4-10-26/h5-6,11-12H,3-4,7-10H2,1-2H3,(H,21,23,25)(H2,22,24,27). The maximum Gasteiger partial charge on any atom is 0.319 e. The van der Waals surface area contributed by atoms with Gasteiger partial charge in [-0.25, -0.2) is 9.78 Å². The fraction of sp³-hybridized carbons (Fsp3) is 0.421. The van der Waals surface area contributed by atoms with Crippen LogP contribution in [0.5, 0.6) is 0 Å². The number of benzene rings is 1. The molecular weight excluding hydrogens is 364 g/mol. The van der Waals surface area contributed by atoms with Crippen LogP contribution in [0.2, 0.25) is 5.02 Å². The number of nitrogens with one attached hydrogen (secondary N) is 3. The van der Waals surface area contributed by atoms with Crippen molar-refractivity contribution in [3.8, 4) is 0 Å². The van der Waals surface area contributed by atoms with Gasteiger partial charge in [0.2, 0.25) is 5.95 Å². The molecule has 0 radical (unpaired) electrons. The molecule has 144 valence electrons. The van der Waals surface area contributed by atoms with Gasteiger partial charge >= 0.3 is 6.03 Å². The molecule has 1 saturated heterocycles. The maximum absolute atomic E-state index is 12.0. The normalized spacial score (nSPS) is 13.5. The number of carbonyl (C=O) groups excluding carboxylic acids is 1. The van der Waals surface area contributed by atoms with E-state index in [1.54, 1.807) is 6.07 Å². The van der Waals surface area contributed by atoms with Crippen molar-refractivity contribution in [2.75, 3.05) is 41.7 Å². The molecule has 3 N–H and O–H groups in total. The number of nitrogens with zero attached hydrogens (tertiary/aromatic N) is 3. The molecule has 8 heteroatoms. The lowest BCUT2D eigenvalue weighted by Crippen LogP contribution is -2.33. The quantitative estimate of drug-likeness (QED) is 0.659. The van der Waals surface area contributed by atoms with E-state index in [9.17, 15) is 4.79 Å². The zero-order chi connectivity index (χ0) is 19.2. The molecule has 7 nitrogen and oxygen atoms in total. The largest absolute Gasteiger partial charge is 0.356 e. The summed E-state index contributed by atoms with van der Waals surface area (Å²) >= 11 is 6.07. The topological polar surface area (TPSA) is 82.2 Å². The second kappa shape index (κ2) is 8.90. The second-order valence-corrected chi connectivity index (χ2v) is 7.06. The fourth-order valence-electron chi connectivity index (χ4n) is 2.94. The van der Waals surface area contributed by atoms with Crippen LogP contribution in [-0.2, 0) is 0 Å². The van der Waals surface area contributed by atoms with Crippen molar-refractivity contribution < 1.29 is 4.79 Å². The van der Waals surface area contributed by atoms with E-state index in [4.69, 9.17) is 11.6 Å². The van der Waals surface area contributed by atoms with Gasteiger partial charge in [-0.15, -0.1) is 0 Å². The Bertz CT molecular complexity index is 807. The molecule has 0 bridgehead atoms. The highest BCUT2D eigenvalue weighted by molar-refractivity contribution is 6.31. The number of aryl methyl sites for hydroxylation is 2. The molecule has 2 aromatic rings. The molecule has 1 aliphatic heterocycles. The van der Waals surface area contributed by atoms with Gasteiger partial charge < -0.3 is 20.9 Å². The van der Waals surface area contributed by atoms with Crippen LogP contribution in [-0.4, -0.2) is 42.2 Å². The van der Waals surface area contributed by atoms with Gasteiger partial charge in [0.15, 0.2) is 0 Å². The predicted molar refractivity (Wildman–Crippen MR) is 110 cm³/mol. The molecule has 0 unspecified atom stereocenters. The molecule has 2 amide bonds. The Morgan fingerprint density at radius 1 is 1.15 bits per heavy atom. The zero-order valence-corrected chi connectivity index (χ0v) is 16.4. The fourth-order valence-corrected chi connectivity index (χ4v) is 3.12. The summed E-state index contributed by atoms with van der Waals surface area (Å²) in [6.07, 6.45) is 2.41. The van der Waals surface area contributed by atoms with E-state index in [1.807, 2.05) is 32.0 Å². The number of urea groups is 1. The van der Waals surface area contributed by atoms with Crippen molar-refractivity contribution in [3.05, 3.63) is 40.5 Å². The minimum atomic E-state index is -0.278. The number of rotatable bonds is 6. The molecule has 1 aromatic carbocycles. The Labute approximate surface area is 164 Å². The Kier molecular flexibility index (Phi) is 6.34. The lowest BCUT2D eigenvalue weighted by molar-refractivity contribution is 0.252. The lowest BCUT2D eigenvalue weighted by Gasteiger charge is -2.17. The van der Waals surface area contributed by atoms with Gasteiger partial charge in [0.1, 0.15) is 5.82 Å². The third kappa shape index (κ3) is 5.47. The van der Waals surface area contributed by atoms with Gasteiger partial charge in [0.25, 0.3) is 0 Å². The third-order valence-electron chi connectivity index (χ3n) is 4.39. The zero-order valence-electron chi connectivity index (χ0n) is 15.7. The molecule has 2 heterocycles. The van der Waals surface area contributed by atoms with E-state index in [0.717, 1.165) is 30.2 Å². The molecule has 0 spiro atoms. The van der Waals surface area contributed by atoms with Crippen LogP contribution in [0.25, 0.3) is 0 Å². The van der Waals surface area contributed by atoms with Crippen molar-refractivity contribution in [1.29, 1.82) is 0 Å². The summed E-state index contributed by atoms with van der Waals surface area (Å²) in [7, 11) is 0. The van der Waals surface area contributed by atoms with Crippen molar-refractivity contribution >= 4 is 35.1 Å². The van der Waals surface area contributed by atoms with Crippen LogP contribution in [0.1, 0.15) is 24.1 Å². The summed E-state index contributed by atoms with van der Waals surface area (Å²) in [6.45, 7) is 6.94. The Morgan fingerprint density at radius 3 is 2.67 bits per heavy atom. The Hall–Kier alpha value is -2.54. The van der Waals surface area contributed by atoms with E-state index < -0.39 is 0 Å². The highest BCUT2D eigenvalue weighted by Gasteiger charge is 2.15. The number of hydrogen-bond acceptors (Lipinski definition) is 5. The average Bonchev–Trinajstić information content (AvgIpc) is 3.16. The van der Waals surface area contributed by atoms with Crippen molar-refractivity contribution in [2.45, 2.75) is 26.7 Å². The number of halogens is 1. The van der Waals surface area contributed by atoms with Crippen LogP contribution in [0.4, 0.5) is 22.2 Å². The van der Waals surface area contributed by atoms with E-state index in [0.29, 0.717) is 29.7 Å². The van der Waals surface area contributed by atoms with Crippen molar-refractivity contribution in [1.82, 2.24) is 15.3 Å². The van der Waals surface area contributed by atoms with Crippen LogP contribution < -0.4 is 20.9 Å². The van der Waals surface area contributed by atoms with E-state index in [1.165, 1.54) is 12.8 Å². The molecule has 1 aromatic heterocycles. The van der Waals surface area contributed by atoms with Crippen molar-refractivity contribution in [3.63, 3.8) is 0 Å². The molecule has 3 rings (SSSR count). The lowest BCUT2D eigenvalue weighted by atomic mass is 10.2. The minimum absolute atomic E-state index is 0.278. The predicted octanol–water partition coefficient (Wildman–Crippen LogP) is 3.58. The first-order valence-corrected chi connectivity index (χ1v) is 9.54. The van der Waals surface area contributed by atoms with Crippen LogP contribution in [0, 0.1) is 13.8 Å². The average molecular weight is 389 g/mol. The van der Waals surface area contributed by atoms with Gasteiger partial charge in [0, 0.05) is 48.6 Å². The van der Waals surface area contributed by atoms with Gasteiger partial charge in [-0.1, -0.05) is 17.7 Å². The van der Waals surface area contributed by atoms with Crippen LogP contribution in [0.3, 0.4) is 0 Å². The number of amides is 2.